The number of aliphatic hydroxyl groups is 1. The fourth-order valence-corrected chi connectivity index (χ4v) is 7.07. The molecule has 0 bridgehead atoms. The van der Waals surface area contributed by atoms with Gasteiger partial charge in [0.15, 0.2) is 0 Å². The van der Waals surface area contributed by atoms with Crippen molar-refractivity contribution in [3.05, 3.63) is 64.8 Å². The van der Waals surface area contributed by atoms with Crippen molar-refractivity contribution in [2.24, 2.45) is 5.92 Å². The van der Waals surface area contributed by atoms with Crippen molar-refractivity contribution in [2.75, 3.05) is 46.3 Å². The summed E-state index contributed by atoms with van der Waals surface area (Å²) in [5.74, 6) is -0.536. The average Bonchev–Trinajstić information content (AvgIpc) is 3.44. The molecule has 3 aliphatic heterocycles. The first-order chi connectivity index (χ1) is 20.2. The molecule has 2 atom stereocenters. The van der Waals surface area contributed by atoms with Gasteiger partial charge in [0.2, 0.25) is 5.91 Å². The average molecular weight is 577 g/mol. The largest absolute Gasteiger partial charge is 0.465 e. The fourth-order valence-electron chi connectivity index (χ4n) is 7.07. The minimum Gasteiger partial charge on any atom is -0.465 e. The van der Waals surface area contributed by atoms with Crippen LogP contribution < -0.4 is 5.56 Å². The standard InChI is InChI=1S/C31H40N6O5/c1-33-13-7-23(8-14-33)37-16-10-25-27(37)32-21-36(29(25)39)20-31(42)11-17-34(18-12-31)28(38)24-9-15-35(30(40)41)19-26(24)22-5-3-2-4-6-22/h2-6,10,16,21,23-24,26,42H,7-9,11-15,17-20H2,1H3,(H,40,41)/t24-,26+/m1/s1. The molecule has 0 unspecified atom stereocenters. The molecule has 0 aliphatic carbocycles. The number of benzene rings is 1. The van der Waals surface area contributed by atoms with E-state index in [4.69, 9.17) is 0 Å². The molecule has 3 aliphatic rings. The lowest BCUT2D eigenvalue weighted by Crippen LogP contribution is -2.53. The Morgan fingerprint density at radius 1 is 0.976 bits per heavy atom. The summed E-state index contributed by atoms with van der Waals surface area (Å²) < 4.78 is 3.63. The van der Waals surface area contributed by atoms with Crippen molar-refractivity contribution in [2.45, 2.75) is 56.2 Å². The number of nitrogens with zero attached hydrogens (tertiary/aromatic N) is 6. The van der Waals surface area contributed by atoms with Gasteiger partial charge in [0.05, 0.1) is 17.5 Å². The van der Waals surface area contributed by atoms with Crippen molar-refractivity contribution in [1.29, 1.82) is 0 Å². The Balaban J connectivity index is 1.12. The van der Waals surface area contributed by atoms with Crippen LogP contribution in [0.3, 0.4) is 0 Å². The zero-order chi connectivity index (χ0) is 29.4. The minimum absolute atomic E-state index is 0.00596. The van der Waals surface area contributed by atoms with Crippen LogP contribution in [0, 0.1) is 5.92 Å². The third-order valence-corrected chi connectivity index (χ3v) is 9.68. The summed E-state index contributed by atoms with van der Waals surface area (Å²) in [6.07, 6.45) is 5.74. The summed E-state index contributed by atoms with van der Waals surface area (Å²) >= 11 is 0. The van der Waals surface area contributed by atoms with Gasteiger partial charge in [-0.1, -0.05) is 30.3 Å². The van der Waals surface area contributed by atoms with Crippen molar-refractivity contribution in [1.82, 2.24) is 28.8 Å². The van der Waals surface area contributed by atoms with Crippen LogP contribution in [-0.4, -0.2) is 103 Å². The van der Waals surface area contributed by atoms with Gasteiger partial charge < -0.3 is 29.5 Å². The first-order valence-electron chi connectivity index (χ1n) is 15.0. The monoisotopic (exact) mass is 576 g/mol. The quantitative estimate of drug-likeness (QED) is 0.479. The van der Waals surface area contributed by atoms with Gasteiger partial charge in [0.25, 0.3) is 5.56 Å². The number of likely N-dealkylation sites (tertiary alicyclic amines) is 3. The first kappa shape index (κ1) is 28.4. The fraction of sp³-hybridized carbons (Fsp3) is 0.548. The summed E-state index contributed by atoms with van der Waals surface area (Å²) in [6, 6.07) is 11.8. The lowest BCUT2D eigenvalue weighted by Gasteiger charge is -2.42. The number of hydrogen-bond donors (Lipinski definition) is 2. The number of amides is 2. The molecular formula is C31H40N6O5. The van der Waals surface area contributed by atoms with E-state index in [9.17, 15) is 24.6 Å². The molecule has 5 heterocycles. The number of rotatable bonds is 5. The maximum absolute atomic E-state index is 13.7. The second-order valence-corrected chi connectivity index (χ2v) is 12.4. The van der Waals surface area contributed by atoms with E-state index in [-0.39, 0.29) is 36.4 Å². The summed E-state index contributed by atoms with van der Waals surface area (Å²) in [6.45, 7) is 3.53. The van der Waals surface area contributed by atoms with Gasteiger partial charge in [-0.05, 0) is 63.9 Å². The van der Waals surface area contributed by atoms with Crippen LogP contribution in [0.15, 0.2) is 53.7 Å². The summed E-state index contributed by atoms with van der Waals surface area (Å²) in [4.78, 5) is 49.0. The van der Waals surface area contributed by atoms with Crippen LogP contribution >= 0.6 is 0 Å². The second kappa shape index (κ2) is 11.5. The van der Waals surface area contributed by atoms with E-state index < -0.39 is 11.7 Å². The van der Waals surface area contributed by atoms with Crippen molar-refractivity contribution in [3.8, 4) is 0 Å². The van der Waals surface area contributed by atoms with Gasteiger partial charge in [0.1, 0.15) is 12.0 Å². The summed E-state index contributed by atoms with van der Waals surface area (Å²) in [5, 5.41) is 21.6. The Morgan fingerprint density at radius 2 is 1.69 bits per heavy atom. The number of carbonyl (C=O) groups is 2. The van der Waals surface area contributed by atoms with Crippen LogP contribution in [0.5, 0.6) is 0 Å². The van der Waals surface area contributed by atoms with Crippen LogP contribution in [0.2, 0.25) is 0 Å². The lowest BCUT2D eigenvalue weighted by molar-refractivity contribution is -0.142. The Hall–Kier alpha value is -3.70. The highest BCUT2D eigenvalue weighted by atomic mass is 16.4. The third-order valence-electron chi connectivity index (χ3n) is 9.68. The normalized spacial score (nSPS) is 23.8. The number of carbonyl (C=O) groups excluding carboxylic acids is 1. The van der Waals surface area contributed by atoms with E-state index >= 15 is 0 Å². The summed E-state index contributed by atoms with van der Waals surface area (Å²) in [5.41, 5.74) is 0.370. The predicted octanol–water partition coefficient (Wildman–Crippen LogP) is 2.60. The Kier molecular flexibility index (Phi) is 7.80. The van der Waals surface area contributed by atoms with Gasteiger partial charge >= 0.3 is 6.09 Å². The highest BCUT2D eigenvalue weighted by molar-refractivity contribution is 5.81. The molecule has 1 aromatic carbocycles. The number of aromatic nitrogens is 3. The molecule has 3 fully saturated rings. The third kappa shape index (κ3) is 5.55. The molecule has 11 heteroatoms. The highest BCUT2D eigenvalue weighted by Crippen LogP contribution is 2.35. The summed E-state index contributed by atoms with van der Waals surface area (Å²) in [7, 11) is 2.12. The van der Waals surface area contributed by atoms with Crippen molar-refractivity contribution < 1.29 is 19.8 Å². The Labute approximate surface area is 245 Å². The van der Waals surface area contributed by atoms with Crippen molar-refractivity contribution in [3.63, 3.8) is 0 Å². The van der Waals surface area contributed by atoms with Crippen LogP contribution in [0.25, 0.3) is 11.0 Å². The second-order valence-electron chi connectivity index (χ2n) is 12.4. The van der Waals surface area contributed by atoms with Crippen molar-refractivity contribution >= 4 is 23.0 Å². The zero-order valence-electron chi connectivity index (χ0n) is 24.1. The molecule has 3 saturated heterocycles. The van der Waals surface area contributed by atoms with Crippen LogP contribution in [0.1, 0.15) is 49.6 Å². The highest BCUT2D eigenvalue weighted by Gasteiger charge is 2.41. The predicted molar refractivity (Wildman–Crippen MR) is 157 cm³/mol. The first-order valence-corrected chi connectivity index (χ1v) is 15.0. The van der Waals surface area contributed by atoms with Crippen LogP contribution in [0.4, 0.5) is 4.79 Å². The van der Waals surface area contributed by atoms with E-state index in [0.717, 1.165) is 31.5 Å². The van der Waals surface area contributed by atoms with Gasteiger partial charge in [-0.3, -0.25) is 14.2 Å². The molecule has 0 saturated carbocycles. The smallest absolute Gasteiger partial charge is 0.407 e. The minimum atomic E-state index is -1.13. The van der Waals surface area contributed by atoms with E-state index in [2.05, 4.69) is 21.5 Å². The number of carboxylic acid groups (broad SMARTS) is 1. The molecule has 2 N–H and O–H groups in total. The molecule has 0 radical (unpaired) electrons. The Bertz CT molecular complexity index is 1490. The van der Waals surface area contributed by atoms with Crippen LogP contribution in [-0.2, 0) is 11.3 Å². The lowest BCUT2D eigenvalue weighted by atomic mass is 9.79. The van der Waals surface area contributed by atoms with Gasteiger partial charge in [0, 0.05) is 50.3 Å². The van der Waals surface area contributed by atoms with Gasteiger partial charge in [-0.2, -0.15) is 0 Å². The number of fused-ring (bicyclic) bond motifs is 1. The maximum atomic E-state index is 13.7. The van der Waals surface area contributed by atoms with E-state index in [1.807, 2.05) is 42.6 Å². The molecule has 11 nitrogen and oxygen atoms in total. The molecule has 6 rings (SSSR count). The molecule has 3 aromatic rings. The molecule has 2 aromatic heterocycles. The molecule has 224 valence electrons. The number of hydrogen-bond acceptors (Lipinski definition) is 6. The molecule has 0 spiro atoms. The maximum Gasteiger partial charge on any atom is 0.407 e. The Morgan fingerprint density at radius 3 is 2.38 bits per heavy atom. The SMILES string of the molecule is CN1CCC(n2ccc3c(=O)n(CC4(O)CCN(C(=O)[C@@H]5CCN(C(=O)O)C[C@H]5c5ccccc5)CC4)cnc32)CC1. The number of piperidine rings is 3. The molecule has 42 heavy (non-hydrogen) atoms. The van der Waals surface area contributed by atoms with E-state index in [0.29, 0.717) is 56.0 Å². The van der Waals surface area contributed by atoms with E-state index in [1.165, 1.54) is 9.47 Å². The van der Waals surface area contributed by atoms with Gasteiger partial charge in [-0.15, -0.1) is 0 Å². The molecule has 2 amide bonds. The van der Waals surface area contributed by atoms with E-state index in [1.54, 1.807) is 11.2 Å². The molecular weight excluding hydrogens is 536 g/mol. The zero-order valence-corrected chi connectivity index (χ0v) is 24.1. The van der Waals surface area contributed by atoms with Gasteiger partial charge in [-0.25, -0.2) is 9.78 Å². The topological polar surface area (TPSA) is 124 Å².